The van der Waals surface area contributed by atoms with Crippen LogP contribution < -0.4 is 0 Å². The van der Waals surface area contributed by atoms with Crippen molar-refractivity contribution in [3.05, 3.63) is 91.0 Å². The van der Waals surface area contributed by atoms with Gasteiger partial charge < -0.3 is 8.98 Å². The van der Waals surface area contributed by atoms with E-state index >= 15 is 0 Å². The lowest BCUT2D eigenvalue weighted by atomic mass is 10.1. The highest BCUT2D eigenvalue weighted by Crippen LogP contribution is 2.42. The SMILES string of the molecule is c1ccc2c(c1)oc1ccc(-n3c4ccccc4c4c5ccccc5sc43)cc12. The molecule has 0 radical (unpaired) electrons. The summed E-state index contributed by atoms with van der Waals surface area (Å²) in [6.45, 7) is 0. The van der Waals surface area contributed by atoms with E-state index in [0.717, 1.165) is 21.9 Å². The van der Waals surface area contributed by atoms with Crippen LogP contribution in [0.4, 0.5) is 0 Å². The zero-order chi connectivity index (χ0) is 18.9. The van der Waals surface area contributed by atoms with Crippen LogP contribution in [0.1, 0.15) is 0 Å². The molecule has 0 spiro atoms. The topological polar surface area (TPSA) is 18.1 Å². The number of thiophene rings is 1. The van der Waals surface area contributed by atoms with Crippen molar-refractivity contribution in [3.8, 4) is 5.69 Å². The first-order valence-electron chi connectivity index (χ1n) is 9.71. The van der Waals surface area contributed by atoms with Crippen molar-refractivity contribution in [2.75, 3.05) is 0 Å². The summed E-state index contributed by atoms with van der Waals surface area (Å²) in [5.74, 6) is 0. The maximum absolute atomic E-state index is 6.04. The molecule has 4 aromatic carbocycles. The second-order valence-electron chi connectivity index (χ2n) is 7.41. The average molecular weight is 389 g/mol. The second kappa shape index (κ2) is 5.49. The quantitative estimate of drug-likeness (QED) is 0.279. The molecule has 0 unspecified atom stereocenters. The fourth-order valence-corrected chi connectivity index (χ4v) is 5.80. The summed E-state index contributed by atoms with van der Waals surface area (Å²) in [5.41, 5.74) is 4.27. The van der Waals surface area contributed by atoms with Crippen LogP contribution in [0.25, 0.3) is 58.8 Å². The van der Waals surface area contributed by atoms with Crippen LogP contribution in [0.3, 0.4) is 0 Å². The van der Waals surface area contributed by atoms with E-state index in [1.807, 2.05) is 23.5 Å². The smallest absolute Gasteiger partial charge is 0.135 e. The third kappa shape index (κ3) is 2.00. The largest absolute Gasteiger partial charge is 0.456 e. The number of hydrogen-bond acceptors (Lipinski definition) is 2. The molecule has 0 bridgehead atoms. The van der Waals surface area contributed by atoms with E-state index in [9.17, 15) is 0 Å². The zero-order valence-corrected chi connectivity index (χ0v) is 16.2. The predicted octanol–water partition coefficient (Wildman–Crippen LogP) is 7.90. The van der Waals surface area contributed by atoms with Crippen LogP contribution in [0, 0.1) is 0 Å². The Morgan fingerprint density at radius 2 is 1.34 bits per heavy atom. The molecule has 136 valence electrons. The highest BCUT2D eigenvalue weighted by Gasteiger charge is 2.18. The molecule has 0 saturated heterocycles. The number of hydrogen-bond donors (Lipinski definition) is 0. The first-order valence-corrected chi connectivity index (χ1v) is 10.5. The Hall–Kier alpha value is -3.56. The molecule has 0 saturated carbocycles. The van der Waals surface area contributed by atoms with Gasteiger partial charge in [-0.05, 0) is 36.4 Å². The first kappa shape index (κ1) is 15.4. The second-order valence-corrected chi connectivity index (χ2v) is 8.44. The van der Waals surface area contributed by atoms with E-state index in [4.69, 9.17) is 4.42 Å². The molecule has 0 amide bonds. The van der Waals surface area contributed by atoms with Gasteiger partial charge in [0.2, 0.25) is 0 Å². The zero-order valence-electron chi connectivity index (χ0n) is 15.4. The molecule has 0 N–H and O–H groups in total. The van der Waals surface area contributed by atoms with Crippen molar-refractivity contribution in [1.29, 1.82) is 0 Å². The van der Waals surface area contributed by atoms with Gasteiger partial charge in [0.1, 0.15) is 16.0 Å². The summed E-state index contributed by atoms with van der Waals surface area (Å²) in [4.78, 5) is 1.29. The summed E-state index contributed by atoms with van der Waals surface area (Å²) in [5, 5.41) is 6.30. The van der Waals surface area contributed by atoms with E-state index in [0.29, 0.717) is 0 Å². The van der Waals surface area contributed by atoms with Crippen molar-refractivity contribution < 1.29 is 4.42 Å². The van der Waals surface area contributed by atoms with Gasteiger partial charge in [-0.25, -0.2) is 0 Å². The Balaban J connectivity index is 1.65. The molecular formula is C26H15NOS. The fraction of sp³-hybridized carbons (Fsp3) is 0. The van der Waals surface area contributed by atoms with Crippen LogP contribution in [0.5, 0.6) is 0 Å². The Bertz CT molecular complexity index is 1710. The van der Waals surface area contributed by atoms with Gasteiger partial charge in [-0.1, -0.05) is 54.6 Å². The van der Waals surface area contributed by atoms with Crippen LogP contribution >= 0.6 is 11.3 Å². The van der Waals surface area contributed by atoms with E-state index < -0.39 is 0 Å². The molecule has 29 heavy (non-hydrogen) atoms. The van der Waals surface area contributed by atoms with Gasteiger partial charge >= 0.3 is 0 Å². The summed E-state index contributed by atoms with van der Waals surface area (Å²) in [6.07, 6.45) is 0. The van der Waals surface area contributed by atoms with Crippen molar-refractivity contribution in [2.45, 2.75) is 0 Å². The number of nitrogens with zero attached hydrogens (tertiary/aromatic N) is 1. The van der Waals surface area contributed by atoms with Gasteiger partial charge in [0, 0.05) is 37.3 Å². The van der Waals surface area contributed by atoms with E-state index in [2.05, 4.69) is 83.4 Å². The minimum atomic E-state index is 0.930. The molecule has 0 aliphatic heterocycles. The monoisotopic (exact) mass is 389 g/mol. The maximum atomic E-state index is 6.04. The lowest BCUT2D eigenvalue weighted by Crippen LogP contribution is -1.91. The van der Waals surface area contributed by atoms with Crippen molar-refractivity contribution in [1.82, 2.24) is 4.57 Å². The molecule has 0 atom stereocenters. The minimum absolute atomic E-state index is 0.930. The van der Waals surface area contributed by atoms with Gasteiger partial charge in [-0.2, -0.15) is 0 Å². The first-order chi connectivity index (χ1) is 14.4. The molecule has 7 aromatic rings. The highest BCUT2D eigenvalue weighted by atomic mass is 32.1. The van der Waals surface area contributed by atoms with Gasteiger partial charge in [-0.3, -0.25) is 0 Å². The lowest BCUT2D eigenvalue weighted by Gasteiger charge is -2.07. The van der Waals surface area contributed by atoms with Crippen LogP contribution in [0.2, 0.25) is 0 Å². The molecule has 7 rings (SSSR count). The molecule has 3 heteroatoms. The Morgan fingerprint density at radius 3 is 2.28 bits per heavy atom. The van der Waals surface area contributed by atoms with Crippen molar-refractivity contribution >= 4 is 64.5 Å². The van der Waals surface area contributed by atoms with Crippen molar-refractivity contribution in [2.24, 2.45) is 0 Å². The molecule has 0 aliphatic carbocycles. The third-order valence-electron chi connectivity index (χ3n) is 5.81. The molecular weight excluding hydrogens is 374 g/mol. The lowest BCUT2D eigenvalue weighted by molar-refractivity contribution is 0.669. The highest BCUT2D eigenvalue weighted by molar-refractivity contribution is 7.25. The number of furan rings is 1. The van der Waals surface area contributed by atoms with Crippen LogP contribution in [0.15, 0.2) is 95.4 Å². The van der Waals surface area contributed by atoms with Crippen LogP contribution in [-0.4, -0.2) is 4.57 Å². The number of benzene rings is 4. The summed E-state index contributed by atoms with van der Waals surface area (Å²) >= 11 is 1.86. The van der Waals surface area contributed by atoms with E-state index in [1.165, 1.54) is 36.9 Å². The normalized spacial score (nSPS) is 12.1. The van der Waals surface area contributed by atoms with Crippen LogP contribution in [-0.2, 0) is 0 Å². The summed E-state index contributed by atoms with van der Waals surface area (Å²) < 4.78 is 9.77. The van der Waals surface area contributed by atoms with E-state index in [1.54, 1.807) is 0 Å². The number of rotatable bonds is 1. The number of fused-ring (bicyclic) bond motifs is 8. The molecule has 3 heterocycles. The van der Waals surface area contributed by atoms with E-state index in [-0.39, 0.29) is 0 Å². The van der Waals surface area contributed by atoms with Crippen molar-refractivity contribution in [3.63, 3.8) is 0 Å². The summed E-state index contributed by atoms with van der Waals surface area (Å²) in [7, 11) is 0. The maximum Gasteiger partial charge on any atom is 0.135 e. The van der Waals surface area contributed by atoms with Gasteiger partial charge in [0.05, 0.1) is 5.52 Å². The standard InChI is InChI=1S/C26H15NOS/c1-4-10-21-18(8-1)25-19-9-3-6-12-24(19)29-26(25)27(21)16-13-14-23-20(15-16)17-7-2-5-11-22(17)28-23/h1-15H. The Labute approximate surface area is 170 Å². The Kier molecular flexibility index (Phi) is 2.91. The average Bonchev–Trinajstić information content (AvgIpc) is 3.41. The Morgan fingerprint density at radius 1 is 0.621 bits per heavy atom. The predicted molar refractivity (Wildman–Crippen MR) is 123 cm³/mol. The third-order valence-corrected chi connectivity index (χ3v) is 6.97. The minimum Gasteiger partial charge on any atom is -0.456 e. The molecule has 3 aromatic heterocycles. The van der Waals surface area contributed by atoms with Gasteiger partial charge in [0.15, 0.2) is 0 Å². The fourth-order valence-electron chi connectivity index (χ4n) is 4.55. The number of para-hydroxylation sites is 2. The molecule has 0 aliphatic rings. The van der Waals surface area contributed by atoms with Gasteiger partial charge in [0.25, 0.3) is 0 Å². The number of aromatic nitrogens is 1. The molecule has 2 nitrogen and oxygen atoms in total. The summed E-state index contributed by atoms with van der Waals surface area (Å²) in [6, 6.07) is 32.2. The molecule has 0 fully saturated rings. The van der Waals surface area contributed by atoms with Gasteiger partial charge in [-0.15, -0.1) is 11.3 Å².